The maximum Gasteiger partial charge on any atom is 0.0517 e. The van der Waals surface area contributed by atoms with Crippen LogP contribution in [0.25, 0.3) is 0 Å². The number of ether oxygens (including phenoxy) is 1. The summed E-state index contributed by atoms with van der Waals surface area (Å²) in [5, 5.41) is 0. The SMILES string of the molecule is [CH2]C(C)CC(C)(C)COCC. The van der Waals surface area contributed by atoms with Gasteiger partial charge in [0.15, 0.2) is 0 Å². The van der Waals surface area contributed by atoms with Gasteiger partial charge in [0, 0.05) is 6.61 Å². The quantitative estimate of drug-likeness (QED) is 0.596. The lowest BCUT2D eigenvalue weighted by Gasteiger charge is -2.25. The summed E-state index contributed by atoms with van der Waals surface area (Å²) in [6, 6.07) is 0. The van der Waals surface area contributed by atoms with Gasteiger partial charge in [-0.3, -0.25) is 0 Å². The topological polar surface area (TPSA) is 9.23 Å². The van der Waals surface area contributed by atoms with E-state index in [-0.39, 0.29) is 5.41 Å². The second kappa shape index (κ2) is 4.76. The van der Waals surface area contributed by atoms with Crippen LogP contribution < -0.4 is 0 Å². The summed E-state index contributed by atoms with van der Waals surface area (Å²) >= 11 is 0. The lowest BCUT2D eigenvalue weighted by atomic mass is 9.85. The van der Waals surface area contributed by atoms with Crippen molar-refractivity contribution in [1.29, 1.82) is 0 Å². The Morgan fingerprint density at radius 1 is 1.45 bits per heavy atom. The molecule has 0 amide bonds. The number of hydrogen-bond donors (Lipinski definition) is 0. The van der Waals surface area contributed by atoms with Gasteiger partial charge in [0.05, 0.1) is 6.61 Å². The van der Waals surface area contributed by atoms with E-state index in [1.165, 1.54) is 0 Å². The van der Waals surface area contributed by atoms with Crippen molar-refractivity contribution in [2.75, 3.05) is 13.2 Å². The second-order valence-electron chi connectivity index (χ2n) is 4.11. The first-order valence-electron chi connectivity index (χ1n) is 4.39. The average molecular weight is 157 g/mol. The van der Waals surface area contributed by atoms with Crippen LogP contribution in [0.2, 0.25) is 0 Å². The number of hydrogen-bond acceptors (Lipinski definition) is 1. The van der Waals surface area contributed by atoms with Gasteiger partial charge in [-0.25, -0.2) is 0 Å². The molecule has 0 fully saturated rings. The third-order valence-electron chi connectivity index (χ3n) is 1.60. The Bertz CT molecular complexity index is 95.0. The Labute approximate surface area is 71.1 Å². The highest BCUT2D eigenvalue weighted by molar-refractivity contribution is 4.71. The van der Waals surface area contributed by atoms with E-state index in [4.69, 9.17) is 4.74 Å². The van der Waals surface area contributed by atoms with Crippen LogP contribution in [0, 0.1) is 18.3 Å². The van der Waals surface area contributed by atoms with E-state index in [0.717, 1.165) is 19.6 Å². The van der Waals surface area contributed by atoms with Gasteiger partial charge in [-0.2, -0.15) is 0 Å². The first-order valence-corrected chi connectivity index (χ1v) is 4.39. The van der Waals surface area contributed by atoms with Crippen LogP contribution in [0.15, 0.2) is 0 Å². The van der Waals surface area contributed by atoms with Crippen LogP contribution in [0.1, 0.15) is 34.1 Å². The Balaban J connectivity index is 3.61. The molecule has 0 aliphatic heterocycles. The molecule has 0 saturated heterocycles. The van der Waals surface area contributed by atoms with Crippen molar-refractivity contribution in [3.05, 3.63) is 6.92 Å². The van der Waals surface area contributed by atoms with Crippen LogP contribution in [-0.2, 0) is 4.74 Å². The van der Waals surface area contributed by atoms with Gasteiger partial charge in [0.25, 0.3) is 0 Å². The second-order valence-corrected chi connectivity index (χ2v) is 4.11. The molecule has 0 spiro atoms. The first-order chi connectivity index (χ1) is 4.98. The minimum absolute atomic E-state index is 0.289. The molecule has 67 valence electrons. The molecule has 0 aromatic heterocycles. The Morgan fingerprint density at radius 2 is 2.00 bits per heavy atom. The van der Waals surface area contributed by atoms with Crippen molar-refractivity contribution in [3.8, 4) is 0 Å². The first kappa shape index (κ1) is 11.0. The molecule has 0 bridgehead atoms. The molecule has 1 atom stereocenters. The minimum atomic E-state index is 0.289. The van der Waals surface area contributed by atoms with Gasteiger partial charge in [-0.1, -0.05) is 27.7 Å². The molecule has 0 N–H and O–H groups in total. The summed E-state index contributed by atoms with van der Waals surface area (Å²) in [4.78, 5) is 0. The molecule has 1 heteroatoms. The normalized spacial score (nSPS) is 12.5. The lowest BCUT2D eigenvalue weighted by Crippen LogP contribution is -2.21. The van der Waals surface area contributed by atoms with Crippen molar-refractivity contribution in [2.24, 2.45) is 11.3 Å². The van der Waals surface area contributed by atoms with E-state index in [1.807, 2.05) is 6.92 Å². The molecule has 0 aromatic carbocycles. The smallest absolute Gasteiger partial charge is 0.0517 e. The molecular weight excluding hydrogens is 136 g/mol. The van der Waals surface area contributed by atoms with E-state index in [9.17, 15) is 0 Å². The highest BCUT2D eigenvalue weighted by Gasteiger charge is 2.18. The van der Waals surface area contributed by atoms with Crippen LogP contribution >= 0.6 is 0 Å². The van der Waals surface area contributed by atoms with Crippen LogP contribution in [0.3, 0.4) is 0 Å². The monoisotopic (exact) mass is 157 g/mol. The van der Waals surface area contributed by atoms with E-state index < -0.39 is 0 Å². The van der Waals surface area contributed by atoms with Crippen LogP contribution in [0.5, 0.6) is 0 Å². The summed E-state index contributed by atoms with van der Waals surface area (Å²) in [6.07, 6.45) is 1.13. The van der Waals surface area contributed by atoms with E-state index in [0.29, 0.717) is 5.92 Å². The molecule has 1 unspecified atom stereocenters. The predicted octanol–water partition coefficient (Wildman–Crippen LogP) is 2.91. The summed E-state index contributed by atoms with van der Waals surface area (Å²) in [5.74, 6) is 0.519. The van der Waals surface area contributed by atoms with Crippen LogP contribution in [-0.4, -0.2) is 13.2 Å². The molecule has 0 heterocycles. The predicted molar refractivity (Wildman–Crippen MR) is 49.4 cm³/mol. The van der Waals surface area contributed by atoms with Gasteiger partial charge >= 0.3 is 0 Å². The lowest BCUT2D eigenvalue weighted by molar-refractivity contribution is 0.0608. The molecule has 0 saturated carbocycles. The summed E-state index contributed by atoms with van der Waals surface area (Å²) in [6.45, 7) is 14.3. The van der Waals surface area contributed by atoms with Crippen LogP contribution in [0.4, 0.5) is 0 Å². The summed E-state index contributed by atoms with van der Waals surface area (Å²) in [5.41, 5.74) is 0.289. The minimum Gasteiger partial charge on any atom is -0.381 e. The van der Waals surface area contributed by atoms with Gasteiger partial charge in [-0.05, 0) is 24.7 Å². The van der Waals surface area contributed by atoms with Gasteiger partial charge in [-0.15, -0.1) is 0 Å². The molecule has 0 aliphatic rings. The molecule has 1 nitrogen and oxygen atoms in total. The fourth-order valence-electron chi connectivity index (χ4n) is 1.38. The maximum atomic E-state index is 5.37. The molecule has 0 aromatic rings. The molecule has 0 aliphatic carbocycles. The zero-order valence-corrected chi connectivity index (χ0v) is 8.31. The third kappa shape index (κ3) is 6.36. The van der Waals surface area contributed by atoms with E-state index in [1.54, 1.807) is 0 Å². The van der Waals surface area contributed by atoms with Gasteiger partial charge in [0.2, 0.25) is 0 Å². The highest BCUT2D eigenvalue weighted by atomic mass is 16.5. The van der Waals surface area contributed by atoms with Gasteiger partial charge < -0.3 is 4.74 Å². The van der Waals surface area contributed by atoms with Gasteiger partial charge in [0.1, 0.15) is 0 Å². The summed E-state index contributed by atoms with van der Waals surface area (Å²) in [7, 11) is 0. The van der Waals surface area contributed by atoms with E-state index >= 15 is 0 Å². The standard InChI is InChI=1S/C10H21O/c1-6-11-8-10(4,5)7-9(2)3/h9H,2,6-8H2,1,3-5H3. The molecular formula is C10H21O. The fourth-order valence-corrected chi connectivity index (χ4v) is 1.38. The Morgan fingerprint density at radius 3 is 2.36 bits per heavy atom. The zero-order valence-electron chi connectivity index (χ0n) is 8.31. The molecule has 1 radical (unpaired) electrons. The average Bonchev–Trinajstić information content (AvgIpc) is 1.81. The largest absolute Gasteiger partial charge is 0.381 e. The Hall–Kier alpha value is -0.0400. The van der Waals surface area contributed by atoms with Crippen molar-refractivity contribution < 1.29 is 4.74 Å². The fraction of sp³-hybridized carbons (Fsp3) is 0.900. The Kier molecular flexibility index (Phi) is 4.74. The van der Waals surface area contributed by atoms with E-state index in [2.05, 4.69) is 27.7 Å². The third-order valence-corrected chi connectivity index (χ3v) is 1.60. The zero-order chi connectivity index (χ0) is 8.91. The van der Waals surface area contributed by atoms with Crippen molar-refractivity contribution in [2.45, 2.75) is 34.1 Å². The maximum absolute atomic E-state index is 5.37. The summed E-state index contributed by atoms with van der Waals surface area (Å²) < 4.78 is 5.37. The van der Waals surface area contributed by atoms with Crippen molar-refractivity contribution in [1.82, 2.24) is 0 Å². The van der Waals surface area contributed by atoms with Crippen molar-refractivity contribution in [3.63, 3.8) is 0 Å². The molecule has 0 rings (SSSR count). The number of rotatable bonds is 5. The molecule has 11 heavy (non-hydrogen) atoms. The highest BCUT2D eigenvalue weighted by Crippen LogP contribution is 2.24. The van der Waals surface area contributed by atoms with Crippen molar-refractivity contribution >= 4 is 0 Å².